The molecule has 3 heterocycles. The Morgan fingerprint density at radius 3 is 2.68 bits per heavy atom. The van der Waals surface area contributed by atoms with Crippen molar-refractivity contribution in [1.29, 1.82) is 0 Å². The zero-order valence-corrected chi connectivity index (χ0v) is 15.9. The smallest absolute Gasteiger partial charge is 0.265 e. The normalized spacial score (nSPS) is 20.5. The summed E-state index contributed by atoms with van der Waals surface area (Å²) in [6.45, 7) is 6.89. The Morgan fingerprint density at radius 2 is 2.00 bits per heavy atom. The van der Waals surface area contributed by atoms with Crippen LogP contribution in [0.1, 0.15) is 29.9 Å². The molecule has 1 fully saturated rings. The van der Waals surface area contributed by atoms with Crippen LogP contribution < -0.4 is 11.3 Å². The van der Waals surface area contributed by atoms with Gasteiger partial charge in [-0.3, -0.25) is 14.5 Å². The van der Waals surface area contributed by atoms with Gasteiger partial charge in [-0.05, 0) is 43.7 Å². The summed E-state index contributed by atoms with van der Waals surface area (Å²) in [5, 5.41) is 1.03. The van der Waals surface area contributed by atoms with Crippen LogP contribution in [0.25, 0.3) is 22.2 Å². The summed E-state index contributed by atoms with van der Waals surface area (Å²) in [6, 6.07) is 12.4. The number of nitrogens with zero attached hydrogens (tertiary/aromatic N) is 1. The summed E-state index contributed by atoms with van der Waals surface area (Å²) < 4.78 is 5.80. The van der Waals surface area contributed by atoms with Crippen LogP contribution in [0, 0.1) is 6.07 Å². The fraction of sp³-hybridized carbons (Fsp3) is 0.333. The molecule has 0 bridgehead atoms. The summed E-state index contributed by atoms with van der Waals surface area (Å²) in [5.74, 6) is -0.711. The van der Waals surface area contributed by atoms with Crippen LogP contribution in [0.2, 0.25) is 0 Å². The molecule has 1 aromatic carbocycles. The van der Waals surface area contributed by atoms with Crippen molar-refractivity contribution < 1.29 is 9.53 Å². The van der Waals surface area contributed by atoms with Gasteiger partial charge < -0.3 is 20.4 Å². The van der Waals surface area contributed by atoms with Gasteiger partial charge in [0.1, 0.15) is 5.69 Å². The summed E-state index contributed by atoms with van der Waals surface area (Å²) in [6.07, 6.45) is 0.468. The average molecular weight is 379 g/mol. The van der Waals surface area contributed by atoms with Gasteiger partial charge >= 0.3 is 0 Å². The highest BCUT2D eigenvalue weighted by Crippen LogP contribution is 2.24. The highest BCUT2D eigenvalue weighted by Gasteiger charge is 2.22. The van der Waals surface area contributed by atoms with E-state index in [1.165, 1.54) is 11.6 Å². The molecule has 4 rings (SSSR count). The minimum absolute atomic E-state index is 0.0267. The third-order valence-electron chi connectivity index (χ3n) is 4.97. The van der Waals surface area contributed by atoms with E-state index in [1.54, 1.807) is 0 Å². The number of hydrogen-bond donors (Lipinski definition) is 3. The van der Waals surface area contributed by atoms with Crippen molar-refractivity contribution in [3.63, 3.8) is 0 Å². The largest absolute Gasteiger partial charge is 0.373 e. The highest BCUT2D eigenvalue weighted by molar-refractivity contribution is 5.91. The first-order chi connectivity index (χ1) is 13.4. The van der Waals surface area contributed by atoms with Crippen LogP contribution in [0.5, 0.6) is 0 Å². The van der Waals surface area contributed by atoms with E-state index in [0.717, 1.165) is 30.5 Å². The van der Waals surface area contributed by atoms with Gasteiger partial charge in [-0.2, -0.15) is 0 Å². The van der Waals surface area contributed by atoms with E-state index < -0.39 is 5.91 Å². The topological polar surface area (TPSA) is 104 Å². The van der Waals surface area contributed by atoms with E-state index in [4.69, 9.17) is 10.5 Å². The number of hydrogen-bond acceptors (Lipinski definition) is 4. The Kier molecular flexibility index (Phi) is 4.78. The molecule has 1 saturated heterocycles. The van der Waals surface area contributed by atoms with E-state index in [0.29, 0.717) is 11.3 Å². The Bertz CT molecular complexity index is 1070. The lowest BCUT2D eigenvalue weighted by molar-refractivity contribution is -0.0704. The van der Waals surface area contributed by atoms with Crippen LogP contribution in [0.3, 0.4) is 0 Å². The second kappa shape index (κ2) is 7.26. The van der Waals surface area contributed by atoms with Crippen LogP contribution in [-0.2, 0) is 11.3 Å². The zero-order chi connectivity index (χ0) is 19.8. The lowest BCUT2D eigenvalue weighted by atomic mass is 10.1. The molecule has 0 saturated carbocycles. The third kappa shape index (κ3) is 3.72. The van der Waals surface area contributed by atoms with Crippen molar-refractivity contribution in [1.82, 2.24) is 14.9 Å². The van der Waals surface area contributed by atoms with Crippen molar-refractivity contribution in [3.05, 3.63) is 58.0 Å². The number of ether oxygens (including phenoxy) is 1. The summed E-state index contributed by atoms with van der Waals surface area (Å²) >= 11 is 0. The predicted molar refractivity (Wildman–Crippen MR) is 107 cm³/mol. The number of carbonyl (C=O) groups is 1. The first-order valence-corrected chi connectivity index (χ1v) is 9.33. The number of rotatable bonds is 4. The van der Waals surface area contributed by atoms with Gasteiger partial charge in [0.2, 0.25) is 0 Å². The molecule has 4 N–H and O–H groups in total. The number of fused-ring (bicyclic) bond motifs is 1. The predicted octanol–water partition coefficient (Wildman–Crippen LogP) is 2.03. The number of H-pyrrole nitrogens is 2. The Morgan fingerprint density at radius 1 is 1.25 bits per heavy atom. The molecule has 1 aliphatic rings. The number of nitrogens with two attached hydrogens (primary N) is 1. The second-order valence-corrected chi connectivity index (χ2v) is 7.45. The Labute approximate surface area is 162 Å². The van der Waals surface area contributed by atoms with E-state index in [2.05, 4.69) is 46.9 Å². The molecule has 3 aromatic rings. The molecular weight excluding hydrogens is 356 g/mol. The first-order valence-electron chi connectivity index (χ1n) is 9.33. The third-order valence-corrected chi connectivity index (χ3v) is 4.97. The van der Waals surface area contributed by atoms with E-state index in [9.17, 15) is 9.59 Å². The molecule has 0 spiro atoms. The maximum atomic E-state index is 12.3. The number of benzene rings is 1. The molecule has 2 unspecified atom stereocenters. The van der Waals surface area contributed by atoms with Crippen molar-refractivity contribution in [2.24, 2.45) is 5.73 Å². The second-order valence-electron chi connectivity index (χ2n) is 7.45. The monoisotopic (exact) mass is 379 g/mol. The quantitative estimate of drug-likeness (QED) is 0.645. The van der Waals surface area contributed by atoms with E-state index >= 15 is 0 Å². The van der Waals surface area contributed by atoms with E-state index in [1.807, 2.05) is 12.1 Å². The van der Waals surface area contributed by atoms with Crippen LogP contribution in [0.15, 0.2) is 35.1 Å². The average Bonchev–Trinajstić information content (AvgIpc) is 3.03. The minimum atomic E-state index is -0.711. The van der Waals surface area contributed by atoms with Gasteiger partial charge in [0.25, 0.3) is 11.5 Å². The molecule has 1 amide bonds. The first kappa shape index (κ1) is 18.5. The van der Waals surface area contributed by atoms with Gasteiger partial charge in [-0.15, -0.1) is 0 Å². The zero-order valence-electron chi connectivity index (χ0n) is 15.9. The maximum Gasteiger partial charge on any atom is 0.265 e. The maximum absolute atomic E-state index is 12.3. The lowest BCUT2D eigenvalue weighted by Crippen LogP contribution is -2.44. The number of nitrogens with one attached hydrogen (secondary N) is 2. The molecular formula is C21H23N4O3. The molecule has 2 atom stereocenters. The Balaban J connectivity index is 1.60. The highest BCUT2D eigenvalue weighted by atomic mass is 16.5. The number of primary amides is 1. The molecule has 1 radical (unpaired) electrons. The SMILES string of the molecule is CC1CN(Cc2ccc3[nH]c(-c4c[c]c(C(N)=O)[nH]c4=O)cc3c2)CC(C)O1. The number of aromatic nitrogens is 2. The van der Waals surface area contributed by atoms with Crippen molar-refractivity contribution in [3.8, 4) is 11.3 Å². The molecule has 7 heteroatoms. The molecule has 145 valence electrons. The number of pyridine rings is 1. The molecule has 7 nitrogen and oxygen atoms in total. The van der Waals surface area contributed by atoms with Crippen LogP contribution in [0.4, 0.5) is 0 Å². The van der Waals surface area contributed by atoms with Crippen LogP contribution in [-0.4, -0.2) is 46.1 Å². The lowest BCUT2D eigenvalue weighted by Gasteiger charge is -2.35. The number of amides is 1. The summed E-state index contributed by atoms with van der Waals surface area (Å²) in [5.41, 5.74) is 8.03. The van der Waals surface area contributed by atoms with Crippen molar-refractivity contribution in [2.75, 3.05) is 13.1 Å². The molecule has 2 aromatic heterocycles. The van der Waals surface area contributed by atoms with Gasteiger partial charge in [-0.1, -0.05) is 6.07 Å². The fourth-order valence-corrected chi connectivity index (χ4v) is 3.86. The van der Waals surface area contributed by atoms with Gasteiger partial charge in [0.15, 0.2) is 0 Å². The fourth-order valence-electron chi connectivity index (χ4n) is 3.86. The number of carbonyl (C=O) groups excluding carboxylic acids is 1. The van der Waals surface area contributed by atoms with Crippen molar-refractivity contribution >= 4 is 16.8 Å². The Hall–Kier alpha value is -2.90. The summed E-state index contributed by atoms with van der Waals surface area (Å²) in [7, 11) is 0. The van der Waals surface area contributed by atoms with E-state index in [-0.39, 0.29) is 23.5 Å². The van der Waals surface area contributed by atoms with Crippen LogP contribution >= 0.6 is 0 Å². The molecule has 28 heavy (non-hydrogen) atoms. The number of aromatic amines is 2. The van der Waals surface area contributed by atoms with Crippen molar-refractivity contribution in [2.45, 2.75) is 32.6 Å². The van der Waals surface area contributed by atoms with Gasteiger partial charge in [0, 0.05) is 36.6 Å². The molecule has 1 aliphatic heterocycles. The minimum Gasteiger partial charge on any atom is -0.373 e. The standard InChI is InChI=1S/C21H23N4O3/c1-12-9-25(10-13(2)28-12)11-14-3-5-17-15(7-14)8-19(23-17)16-4-6-18(20(22)26)24-21(16)27/h3-5,7-8,12-13,23H,9-11H2,1-2H3,(H2,22,26)(H,24,27). The molecule has 0 aliphatic carbocycles. The van der Waals surface area contributed by atoms with Gasteiger partial charge in [-0.25, -0.2) is 0 Å². The number of morpholine rings is 1. The van der Waals surface area contributed by atoms with Gasteiger partial charge in [0.05, 0.1) is 23.5 Å². The summed E-state index contributed by atoms with van der Waals surface area (Å²) in [4.78, 5) is 31.6.